The summed E-state index contributed by atoms with van der Waals surface area (Å²) < 4.78 is 26.1. The molecule has 0 atom stereocenters. The number of benzene rings is 2. The lowest BCUT2D eigenvalue weighted by atomic mass is 10.1. The van der Waals surface area contributed by atoms with Gasteiger partial charge in [-0.2, -0.15) is 0 Å². The molecule has 2 aromatic rings. The van der Waals surface area contributed by atoms with Gasteiger partial charge in [-0.25, -0.2) is 13.6 Å². The minimum Gasteiger partial charge on any atom is -0.478 e. The Morgan fingerprint density at radius 2 is 1.81 bits per heavy atom. The average Bonchev–Trinajstić information content (AvgIpc) is 2.39. The first kappa shape index (κ1) is 15.0. The van der Waals surface area contributed by atoms with Crippen molar-refractivity contribution in [1.82, 2.24) is 0 Å². The highest BCUT2D eigenvalue weighted by Crippen LogP contribution is 2.17. The van der Waals surface area contributed by atoms with Gasteiger partial charge in [-0.05, 0) is 43.2 Å². The second kappa shape index (κ2) is 6.35. The number of hydrogen-bond acceptors (Lipinski definition) is 2. The van der Waals surface area contributed by atoms with Gasteiger partial charge in [-0.1, -0.05) is 11.6 Å². The van der Waals surface area contributed by atoms with E-state index in [2.05, 4.69) is 5.32 Å². The van der Waals surface area contributed by atoms with E-state index in [1.807, 2.05) is 6.92 Å². The van der Waals surface area contributed by atoms with Crippen molar-refractivity contribution in [2.75, 3.05) is 11.9 Å². The maximum atomic E-state index is 13.1. The topological polar surface area (TPSA) is 49.3 Å². The van der Waals surface area contributed by atoms with Crippen molar-refractivity contribution in [3.63, 3.8) is 0 Å². The number of nitrogens with one attached hydrogen (secondary N) is 1. The van der Waals surface area contributed by atoms with Crippen LogP contribution >= 0.6 is 0 Å². The minimum atomic E-state index is -1.02. The summed E-state index contributed by atoms with van der Waals surface area (Å²) in [6.45, 7) is 2.19. The summed E-state index contributed by atoms with van der Waals surface area (Å²) in [4.78, 5) is 11.2. The molecule has 5 heteroatoms. The largest absolute Gasteiger partial charge is 0.478 e. The Kier molecular flexibility index (Phi) is 4.52. The normalized spacial score (nSPS) is 10.4. The van der Waals surface area contributed by atoms with Crippen LogP contribution in [0.25, 0.3) is 0 Å². The molecule has 0 saturated carbocycles. The Morgan fingerprint density at radius 1 is 1.14 bits per heavy atom. The molecule has 0 aliphatic rings. The SMILES string of the molecule is Cc1ccc(NCCc2cc(F)cc(F)c2)c(C(=O)O)c1. The third kappa shape index (κ3) is 4.02. The van der Waals surface area contributed by atoms with Crippen molar-refractivity contribution in [2.45, 2.75) is 13.3 Å². The second-order valence-corrected chi connectivity index (χ2v) is 4.81. The minimum absolute atomic E-state index is 0.181. The molecule has 0 spiro atoms. The first-order valence-electron chi connectivity index (χ1n) is 6.48. The van der Waals surface area contributed by atoms with Gasteiger partial charge in [0.2, 0.25) is 0 Å². The molecule has 0 bridgehead atoms. The molecule has 0 unspecified atom stereocenters. The monoisotopic (exact) mass is 291 g/mol. The van der Waals surface area contributed by atoms with Crippen LogP contribution in [0.5, 0.6) is 0 Å². The number of aromatic carboxylic acids is 1. The van der Waals surface area contributed by atoms with Crippen molar-refractivity contribution in [1.29, 1.82) is 0 Å². The molecule has 0 saturated heterocycles. The highest BCUT2D eigenvalue weighted by molar-refractivity contribution is 5.94. The molecule has 0 heterocycles. The summed E-state index contributed by atoms with van der Waals surface area (Å²) in [7, 11) is 0. The molecule has 0 fully saturated rings. The predicted molar refractivity (Wildman–Crippen MR) is 76.7 cm³/mol. The Morgan fingerprint density at radius 3 is 2.43 bits per heavy atom. The van der Waals surface area contributed by atoms with Crippen molar-refractivity contribution in [3.05, 3.63) is 64.7 Å². The molecule has 110 valence electrons. The van der Waals surface area contributed by atoms with Crippen molar-refractivity contribution >= 4 is 11.7 Å². The van der Waals surface area contributed by atoms with Crippen LogP contribution in [0.1, 0.15) is 21.5 Å². The number of rotatable bonds is 5. The number of anilines is 1. The zero-order valence-corrected chi connectivity index (χ0v) is 11.5. The lowest BCUT2D eigenvalue weighted by molar-refractivity contribution is 0.0698. The van der Waals surface area contributed by atoms with Gasteiger partial charge in [0.05, 0.1) is 5.56 Å². The van der Waals surface area contributed by atoms with Crippen LogP contribution in [0.15, 0.2) is 36.4 Å². The number of halogens is 2. The zero-order chi connectivity index (χ0) is 15.4. The lowest BCUT2D eigenvalue weighted by Gasteiger charge is -2.10. The smallest absolute Gasteiger partial charge is 0.337 e. The van der Waals surface area contributed by atoms with Crippen LogP contribution in [0, 0.1) is 18.6 Å². The third-order valence-electron chi connectivity index (χ3n) is 3.06. The van der Waals surface area contributed by atoms with Gasteiger partial charge in [-0.15, -0.1) is 0 Å². The number of hydrogen-bond donors (Lipinski definition) is 2. The predicted octanol–water partition coefficient (Wildman–Crippen LogP) is 3.63. The Labute approximate surface area is 121 Å². The van der Waals surface area contributed by atoms with Crippen molar-refractivity contribution in [2.24, 2.45) is 0 Å². The molecule has 2 rings (SSSR count). The summed E-state index contributed by atoms with van der Waals surface area (Å²) in [6.07, 6.45) is 0.390. The Hall–Kier alpha value is -2.43. The highest BCUT2D eigenvalue weighted by Gasteiger charge is 2.09. The molecule has 0 aromatic heterocycles. The van der Waals surface area contributed by atoms with Gasteiger partial charge in [0.1, 0.15) is 11.6 Å². The van der Waals surface area contributed by atoms with Crippen LogP contribution in [0.4, 0.5) is 14.5 Å². The first-order chi connectivity index (χ1) is 9.95. The molecule has 0 aliphatic carbocycles. The summed E-state index contributed by atoms with van der Waals surface area (Å²) in [6, 6.07) is 8.41. The lowest BCUT2D eigenvalue weighted by Crippen LogP contribution is -2.10. The first-order valence-corrected chi connectivity index (χ1v) is 6.48. The van der Waals surface area contributed by atoms with Crippen LogP contribution in [0.3, 0.4) is 0 Å². The second-order valence-electron chi connectivity index (χ2n) is 4.81. The zero-order valence-electron chi connectivity index (χ0n) is 11.5. The maximum absolute atomic E-state index is 13.1. The van der Waals surface area contributed by atoms with Crippen LogP contribution < -0.4 is 5.32 Å². The van der Waals surface area contributed by atoms with Gasteiger partial charge in [0.15, 0.2) is 0 Å². The van der Waals surface area contributed by atoms with Gasteiger partial charge >= 0.3 is 5.97 Å². The van der Waals surface area contributed by atoms with Gasteiger partial charge in [0.25, 0.3) is 0 Å². The summed E-state index contributed by atoms with van der Waals surface area (Å²) in [5.74, 6) is -2.25. The molecule has 0 radical (unpaired) electrons. The van der Waals surface area contributed by atoms with Gasteiger partial charge in [0, 0.05) is 18.3 Å². The Balaban J connectivity index is 2.05. The summed E-state index contributed by atoms with van der Waals surface area (Å²) >= 11 is 0. The van der Waals surface area contributed by atoms with Crippen LogP contribution in [0.2, 0.25) is 0 Å². The van der Waals surface area contributed by atoms with Crippen LogP contribution in [-0.2, 0) is 6.42 Å². The van der Waals surface area contributed by atoms with E-state index in [0.29, 0.717) is 24.2 Å². The molecular formula is C16H15F2NO2. The molecule has 3 nitrogen and oxygen atoms in total. The highest BCUT2D eigenvalue weighted by atomic mass is 19.1. The van der Waals surface area contributed by atoms with E-state index in [0.717, 1.165) is 11.6 Å². The Bertz CT molecular complexity index is 651. The quantitative estimate of drug-likeness (QED) is 0.884. The number of aryl methyl sites for hydroxylation is 1. The van der Waals surface area contributed by atoms with Gasteiger partial charge < -0.3 is 10.4 Å². The molecule has 21 heavy (non-hydrogen) atoms. The fourth-order valence-electron chi connectivity index (χ4n) is 2.09. The number of carbonyl (C=O) groups is 1. The van der Waals surface area contributed by atoms with E-state index in [9.17, 15) is 13.6 Å². The molecule has 0 aliphatic heterocycles. The van der Waals surface area contributed by atoms with E-state index < -0.39 is 17.6 Å². The molecular weight excluding hydrogens is 276 g/mol. The van der Waals surface area contributed by atoms with E-state index >= 15 is 0 Å². The molecule has 2 N–H and O–H groups in total. The van der Waals surface area contributed by atoms with E-state index in [1.165, 1.54) is 12.1 Å². The molecule has 0 amide bonds. The molecule has 2 aromatic carbocycles. The van der Waals surface area contributed by atoms with E-state index in [-0.39, 0.29) is 5.56 Å². The number of carboxylic acids is 1. The van der Waals surface area contributed by atoms with E-state index in [1.54, 1.807) is 18.2 Å². The maximum Gasteiger partial charge on any atom is 0.337 e. The van der Waals surface area contributed by atoms with Crippen molar-refractivity contribution < 1.29 is 18.7 Å². The summed E-state index contributed by atoms with van der Waals surface area (Å²) in [5, 5.41) is 12.1. The summed E-state index contributed by atoms with van der Waals surface area (Å²) in [5.41, 5.74) is 2.04. The third-order valence-corrected chi connectivity index (χ3v) is 3.06. The average molecular weight is 291 g/mol. The van der Waals surface area contributed by atoms with Crippen LogP contribution in [-0.4, -0.2) is 17.6 Å². The standard InChI is InChI=1S/C16H15F2NO2/c1-10-2-3-15(14(6-10)16(20)21)19-5-4-11-7-12(17)9-13(18)8-11/h2-3,6-9,19H,4-5H2,1H3,(H,20,21). The van der Waals surface area contributed by atoms with E-state index in [4.69, 9.17) is 5.11 Å². The number of carboxylic acid groups (broad SMARTS) is 1. The fraction of sp³-hybridized carbons (Fsp3) is 0.188. The van der Waals surface area contributed by atoms with Gasteiger partial charge in [-0.3, -0.25) is 0 Å². The van der Waals surface area contributed by atoms with Crippen molar-refractivity contribution in [3.8, 4) is 0 Å². The fourth-order valence-corrected chi connectivity index (χ4v) is 2.09.